The highest BCUT2D eigenvalue weighted by Gasteiger charge is 2.08. The number of piperazine rings is 1. The van der Waals surface area contributed by atoms with E-state index in [1.807, 2.05) is 6.07 Å². The molecule has 2 rings (SSSR count). The number of hydrogen-bond donors (Lipinski definition) is 2. The topological polar surface area (TPSA) is 27.3 Å². The maximum absolute atomic E-state index is 13.3. The average Bonchev–Trinajstić information content (AvgIpc) is 2.33. The Labute approximate surface area is 95.6 Å². The quantitative estimate of drug-likeness (QED) is 0.801. The van der Waals surface area contributed by atoms with Crippen molar-refractivity contribution >= 4 is 5.69 Å². The zero-order valence-electron chi connectivity index (χ0n) is 9.38. The van der Waals surface area contributed by atoms with E-state index < -0.39 is 0 Å². The first kappa shape index (κ1) is 11.4. The van der Waals surface area contributed by atoms with Crippen molar-refractivity contribution in [3.63, 3.8) is 0 Å². The molecule has 0 amide bonds. The molecule has 0 unspecified atom stereocenters. The van der Waals surface area contributed by atoms with Gasteiger partial charge in [0.1, 0.15) is 5.82 Å². The van der Waals surface area contributed by atoms with Crippen LogP contribution in [-0.4, -0.2) is 44.2 Å². The lowest BCUT2D eigenvalue weighted by atomic mass is 10.3. The van der Waals surface area contributed by atoms with Crippen molar-refractivity contribution in [2.75, 3.05) is 44.6 Å². The third-order valence-corrected chi connectivity index (χ3v) is 2.83. The molecule has 1 fully saturated rings. The SMILES string of the molecule is Fc1ccccc1NCCN1CCNCC1. The van der Waals surface area contributed by atoms with Crippen molar-refractivity contribution < 1.29 is 4.39 Å². The van der Waals surface area contributed by atoms with E-state index in [0.29, 0.717) is 5.69 Å². The Morgan fingerprint density at radius 3 is 2.75 bits per heavy atom. The number of hydrogen-bond acceptors (Lipinski definition) is 3. The van der Waals surface area contributed by atoms with E-state index >= 15 is 0 Å². The van der Waals surface area contributed by atoms with Crippen molar-refractivity contribution in [3.8, 4) is 0 Å². The molecule has 1 aliphatic heterocycles. The summed E-state index contributed by atoms with van der Waals surface area (Å²) in [5.74, 6) is -0.178. The second kappa shape index (κ2) is 5.82. The molecule has 0 spiro atoms. The van der Waals surface area contributed by atoms with Gasteiger partial charge in [-0.3, -0.25) is 4.90 Å². The number of para-hydroxylation sites is 1. The normalized spacial score (nSPS) is 17.3. The molecule has 1 aliphatic rings. The van der Waals surface area contributed by atoms with Crippen LogP contribution in [0, 0.1) is 5.82 Å². The van der Waals surface area contributed by atoms with Crippen LogP contribution in [0.1, 0.15) is 0 Å². The van der Waals surface area contributed by atoms with Gasteiger partial charge >= 0.3 is 0 Å². The Morgan fingerprint density at radius 1 is 1.25 bits per heavy atom. The van der Waals surface area contributed by atoms with Gasteiger partial charge in [-0.2, -0.15) is 0 Å². The highest BCUT2D eigenvalue weighted by molar-refractivity contribution is 5.44. The third kappa shape index (κ3) is 3.18. The molecular weight excluding hydrogens is 205 g/mol. The summed E-state index contributed by atoms with van der Waals surface area (Å²) >= 11 is 0. The first-order valence-corrected chi connectivity index (χ1v) is 5.78. The Morgan fingerprint density at radius 2 is 2.00 bits per heavy atom. The highest BCUT2D eigenvalue weighted by atomic mass is 19.1. The first-order valence-electron chi connectivity index (χ1n) is 5.78. The van der Waals surface area contributed by atoms with Crippen molar-refractivity contribution in [2.45, 2.75) is 0 Å². The van der Waals surface area contributed by atoms with E-state index in [-0.39, 0.29) is 5.82 Å². The van der Waals surface area contributed by atoms with Crippen LogP contribution in [0.15, 0.2) is 24.3 Å². The molecule has 0 aliphatic carbocycles. The van der Waals surface area contributed by atoms with E-state index in [0.717, 1.165) is 39.3 Å². The summed E-state index contributed by atoms with van der Waals surface area (Å²) in [6, 6.07) is 6.80. The highest BCUT2D eigenvalue weighted by Crippen LogP contribution is 2.11. The largest absolute Gasteiger partial charge is 0.381 e. The van der Waals surface area contributed by atoms with E-state index in [1.54, 1.807) is 12.1 Å². The van der Waals surface area contributed by atoms with Crippen LogP contribution in [0.5, 0.6) is 0 Å². The van der Waals surface area contributed by atoms with Crippen LogP contribution in [-0.2, 0) is 0 Å². The van der Waals surface area contributed by atoms with Gasteiger partial charge in [0.2, 0.25) is 0 Å². The maximum Gasteiger partial charge on any atom is 0.146 e. The summed E-state index contributed by atoms with van der Waals surface area (Å²) in [6.07, 6.45) is 0. The minimum atomic E-state index is -0.178. The van der Waals surface area contributed by atoms with Crippen LogP contribution in [0.2, 0.25) is 0 Å². The summed E-state index contributed by atoms with van der Waals surface area (Å²) in [5.41, 5.74) is 0.595. The van der Waals surface area contributed by atoms with Crippen molar-refractivity contribution in [3.05, 3.63) is 30.1 Å². The van der Waals surface area contributed by atoms with Gasteiger partial charge in [-0.05, 0) is 12.1 Å². The van der Waals surface area contributed by atoms with Gasteiger partial charge in [0.25, 0.3) is 0 Å². The molecule has 0 atom stereocenters. The van der Waals surface area contributed by atoms with E-state index in [2.05, 4.69) is 15.5 Å². The van der Waals surface area contributed by atoms with Crippen molar-refractivity contribution in [1.29, 1.82) is 0 Å². The molecule has 1 aromatic carbocycles. The first-order chi connectivity index (χ1) is 7.86. The fourth-order valence-electron chi connectivity index (χ4n) is 1.89. The standard InChI is InChI=1S/C12H18FN3/c13-11-3-1-2-4-12(11)15-7-10-16-8-5-14-6-9-16/h1-4,14-15H,5-10H2. The van der Waals surface area contributed by atoms with E-state index in [1.165, 1.54) is 6.07 Å². The number of halogens is 1. The molecule has 0 bridgehead atoms. The Hall–Kier alpha value is -1.13. The third-order valence-electron chi connectivity index (χ3n) is 2.83. The molecule has 0 saturated carbocycles. The summed E-state index contributed by atoms with van der Waals surface area (Å²) in [5, 5.41) is 6.43. The van der Waals surface area contributed by atoms with Crippen LogP contribution in [0.4, 0.5) is 10.1 Å². The fourth-order valence-corrected chi connectivity index (χ4v) is 1.89. The van der Waals surface area contributed by atoms with Crippen LogP contribution in [0.3, 0.4) is 0 Å². The van der Waals surface area contributed by atoms with Gasteiger partial charge in [0, 0.05) is 39.3 Å². The summed E-state index contributed by atoms with van der Waals surface area (Å²) < 4.78 is 13.3. The summed E-state index contributed by atoms with van der Waals surface area (Å²) in [4.78, 5) is 2.38. The molecule has 1 aromatic rings. The number of nitrogens with zero attached hydrogens (tertiary/aromatic N) is 1. The molecular formula is C12H18FN3. The second-order valence-electron chi connectivity index (χ2n) is 4.00. The lowest BCUT2D eigenvalue weighted by Gasteiger charge is -2.27. The number of rotatable bonds is 4. The molecule has 3 nitrogen and oxygen atoms in total. The minimum Gasteiger partial charge on any atom is -0.381 e. The average molecular weight is 223 g/mol. The molecule has 0 radical (unpaired) electrons. The lowest BCUT2D eigenvalue weighted by molar-refractivity contribution is 0.249. The van der Waals surface area contributed by atoms with Gasteiger partial charge in [0.05, 0.1) is 5.69 Å². The van der Waals surface area contributed by atoms with Gasteiger partial charge in [-0.25, -0.2) is 4.39 Å². The van der Waals surface area contributed by atoms with Crippen LogP contribution < -0.4 is 10.6 Å². The van der Waals surface area contributed by atoms with Gasteiger partial charge < -0.3 is 10.6 Å². The lowest BCUT2D eigenvalue weighted by Crippen LogP contribution is -2.45. The Balaban J connectivity index is 1.73. The molecule has 1 saturated heterocycles. The Kier molecular flexibility index (Phi) is 4.13. The molecule has 1 heterocycles. The molecule has 16 heavy (non-hydrogen) atoms. The minimum absolute atomic E-state index is 0.178. The van der Waals surface area contributed by atoms with Crippen molar-refractivity contribution in [1.82, 2.24) is 10.2 Å². The Bertz CT molecular complexity index is 324. The molecule has 88 valence electrons. The summed E-state index contributed by atoms with van der Waals surface area (Å²) in [6.45, 7) is 6.04. The second-order valence-corrected chi connectivity index (χ2v) is 4.00. The monoisotopic (exact) mass is 223 g/mol. The van der Waals surface area contributed by atoms with Gasteiger partial charge in [-0.1, -0.05) is 12.1 Å². The maximum atomic E-state index is 13.3. The zero-order chi connectivity index (χ0) is 11.2. The van der Waals surface area contributed by atoms with Gasteiger partial charge in [0.15, 0.2) is 0 Å². The number of benzene rings is 1. The fraction of sp³-hybridized carbons (Fsp3) is 0.500. The molecule has 2 N–H and O–H groups in total. The van der Waals surface area contributed by atoms with Crippen LogP contribution in [0.25, 0.3) is 0 Å². The predicted octanol–water partition coefficient (Wildman–Crippen LogP) is 1.14. The predicted molar refractivity (Wildman–Crippen MR) is 64.2 cm³/mol. The summed E-state index contributed by atoms with van der Waals surface area (Å²) in [7, 11) is 0. The number of anilines is 1. The molecule has 0 aromatic heterocycles. The van der Waals surface area contributed by atoms with E-state index in [9.17, 15) is 4.39 Å². The zero-order valence-corrected chi connectivity index (χ0v) is 9.38. The van der Waals surface area contributed by atoms with Crippen LogP contribution >= 0.6 is 0 Å². The van der Waals surface area contributed by atoms with E-state index in [4.69, 9.17) is 0 Å². The smallest absolute Gasteiger partial charge is 0.146 e. The van der Waals surface area contributed by atoms with Crippen molar-refractivity contribution in [2.24, 2.45) is 0 Å². The van der Waals surface area contributed by atoms with Gasteiger partial charge in [-0.15, -0.1) is 0 Å². The number of nitrogens with one attached hydrogen (secondary N) is 2. The molecule has 4 heteroatoms.